The van der Waals surface area contributed by atoms with Crippen molar-refractivity contribution in [3.8, 4) is 11.6 Å². The monoisotopic (exact) mass is 416 g/mol. The number of benzene rings is 2. The van der Waals surface area contributed by atoms with Crippen molar-refractivity contribution >= 4 is 28.3 Å². The number of anilines is 1. The van der Waals surface area contributed by atoms with Crippen molar-refractivity contribution in [3.05, 3.63) is 88.4 Å². The molecule has 2 aromatic heterocycles. The van der Waals surface area contributed by atoms with Gasteiger partial charge in [0, 0.05) is 17.1 Å². The van der Waals surface area contributed by atoms with Gasteiger partial charge in [-0.3, -0.25) is 30.7 Å². The fraction of sp³-hybridized carbons (Fsp3) is 0.0476. The summed E-state index contributed by atoms with van der Waals surface area (Å²) in [5.74, 6) is -0.669. The number of nitro groups is 1. The molecule has 0 saturated heterocycles. The molecule has 2 aromatic carbocycles. The van der Waals surface area contributed by atoms with E-state index in [1.165, 1.54) is 0 Å². The van der Waals surface area contributed by atoms with E-state index in [0.717, 1.165) is 17.3 Å². The molecule has 31 heavy (non-hydrogen) atoms. The molecule has 0 spiro atoms. The van der Waals surface area contributed by atoms with Gasteiger partial charge in [-0.05, 0) is 30.7 Å². The number of hydrogen-bond acceptors (Lipinski definition) is 8. The number of aryl methyl sites for hydroxylation is 1. The fourth-order valence-electron chi connectivity index (χ4n) is 2.97. The zero-order chi connectivity index (χ0) is 21.8. The summed E-state index contributed by atoms with van der Waals surface area (Å²) in [6, 6.07) is 15.8. The Labute approximate surface area is 176 Å². The Morgan fingerprint density at radius 2 is 1.84 bits per heavy atom. The number of nitrogens with zero attached hydrogens (tertiary/aromatic N) is 4. The first-order valence-corrected chi connectivity index (χ1v) is 9.17. The normalized spacial score (nSPS) is 10.5. The van der Waals surface area contributed by atoms with Crippen molar-refractivity contribution in [1.29, 1.82) is 0 Å². The Morgan fingerprint density at radius 3 is 2.65 bits per heavy atom. The molecule has 10 nitrogen and oxygen atoms in total. The number of carbonyl (C=O) groups is 1. The summed E-state index contributed by atoms with van der Waals surface area (Å²) in [5, 5.41) is 12.5. The standard InChI is InChI=1S/C21H16N6O4/c1-13-6-2-3-9-15(13)20(28)26-25-19-18(27(29)30)21(24-12-23-19)31-16-10-4-7-14-8-5-11-22-17(14)16/h2-12H,1H3,(H,26,28)(H,23,24,25). The van der Waals surface area contributed by atoms with Crippen molar-refractivity contribution in [2.24, 2.45) is 0 Å². The highest BCUT2D eigenvalue weighted by atomic mass is 16.6. The summed E-state index contributed by atoms with van der Waals surface area (Å²) in [4.78, 5) is 35.5. The van der Waals surface area contributed by atoms with Crippen LogP contribution in [0.4, 0.5) is 11.5 Å². The minimum absolute atomic E-state index is 0.217. The Balaban J connectivity index is 1.63. The highest BCUT2D eigenvalue weighted by Crippen LogP contribution is 2.35. The van der Waals surface area contributed by atoms with Crippen molar-refractivity contribution in [3.63, 3.8) is 0 Å². The number of fused-ring (bicyclic) bond motifs is 1. The SMILES string of the molecule is Cc1ccccc1C(=O)NNc1ncnc(Oc2cccc3cccnc23)c1[N+](=O)[O-]. The molecule has 0 aliphatic carbocycles. The Hall–Kier alpha value is -4.60. The number of hydrogen-bond donors (Lipinski definition) is 2. The van der Waals surface area contributed by atoms with Gasteiger partial charge in [-0.2, -0.15) is 4.98 Å². The first-order chi connectivity index (χ1) is 15.0. The molecule has 0 radical (unpaired) electrons. The van der Waals surface area contributed by atoms with Gasteiger partial charge in [-0.1, -0.05) is 36.4 Å². The lowest BCUT2D eigenvalue weighted by molar-refractivity contribution is -0.385. The number of amides is 1. The molecule has 2 N–H and O–H groups in total. The molecule has 2 heterocycles. The second kappa shape index (κ2) is 8.41. The molecule has 0 fully saturated rings. The Bertz CT molecular complexity index is 1290. The average molecular weight is 416 g/mol. The molecule has 4 aromatic rings. The molecule has 10 heteroatoms. The molecule has 0 aliphatic rings. The van der Waals surface area contributed by atoms with Crippen LogP contribution < -0.4 is 15.6 Å². The van der Waals surface area contributed by atoms with Crippen LogP contribution in [0.3, 0.4) is 0 Å². The molecule has 0 unspecified atom stereocenters. The first kappa shape index (κ1) is 19.7. The summed E-state index contributed by atoms with van der Waals surface area (Å²) >= 11 is 0. The fourth-order valence-corrected chi connectivity index (χ4v) is 2.97. The van der Waals surface area contributed by atoms with Crippen LogP contribution in [0.2, 0.25) is 0 Å². The van der Waals surface area contributed by atoms with Gasteiger partial charge in [-0.25, -0.2) is 4.98 Å². The van der Waals surface area contributed by atoms with Gasteiger partial charge in [0.05, 0.1) is 4.92 Å². The second-order valence-corrected chi connectivity index (χ2v) is 6.46. The number of aromatic nitrogens is 3. The minimum atomic E-state index is -0.684. The number of rotatable bonds is 6. The number of para-hydroxylation sites is 1. The largest absolute Gasteiger partial charge is 0.431 e. The molecule has 0 atom stereocenters. The number of ether oxygens (including phenoxy) is 1. The van der Waals surface area contributed by atoms with E-state index in [-0.39, 0.29) is 11.7 Å². The average Bonchev–Trinajstić information content (AvgIpc) is 2.78. The maximum atomic E-state index is 12.4. The third kappa shape index (κ3) is 4.08. The topological polar surface area (TPSA) is 132 Å². The van der Waals surface area contributed by atoms with E-state index in [1.807, 2.05) is 12.1 Å². The van der Waals surface area contributed by atoms with Crippen LogP contribution in [0.1, 0.15) is 15.9 Å². The van der Waals surface area contributed by atoms with Gasteiger partial charge in [-0.15, -0.1) is 0 Å². The number of carbonyl (C=O) groups excluding carboxylic acids is 1. The summed E-state index contributed by atoms with van der Waals surface area (Å²) in [6.07, 6.45) is 2.70. The number of hydrazine groups is 1. The molecule has 4 rings (SSSR count). The smallest absolute Gasteiger partial charge is 0.374 e. The molecule has 1 amide bonds. The van der Waals surface area contributed by atoms with E-state index in [2.05, 4.69) is 25.8 Å². The van der Waals surface area contributed by atoms with Crippen LogP contribution in [-0.4, -0.2) is 25.8 Å². The predicted molar refractivity (Wildman–Crippen MR) is 113 cm³/mol. The van der Waals surface area contributed by atoms with Gasteiger partial charge in [0.15, 0.2) is 5.75 Å². The first-order valence-electron chi connectivity index (χ1n) is 9.17. The minimum Gasteiger partial charge on any atom is -0.431 e. The molecule has 0 saturated carbocycles. The molecular formula is C21H16N6O4. The van der Waals surface area contributed by atoms with Crippen molar-refractivity contribution in [1.82, 2.24) is 20.4 Å². The van der Waals surface area contributed by atoms with E-state index in [9.17, 15) is 14.9 Å². The van der Waals surface area contributed by atoms with E-state index in [4.69, 9.17) is 4.74 Å². The summed E-state index contributed by atoms with van der Waals surface area (Å²) < 4.78 is 5.73. The highest BCUT2D eigenvalue weighted by molar-refractivity contribution is 5.96. The Morgan fingerprint density at radius 1 is 1.03 bits per heavy atom. The van der Waals surface area contributed by atoms with Gasteiger partial charge in [0.1, 0.15) is 11.8 Å². The third-order valence-electron chi connectivity index (χ3n) is 4.46. The zero-order valence-electron chi connectivity index (χ0n) is 16.3. The molecule has 0 bridgehead atoms. The number of pyridine rings is 1. The quantitative estimate of drug-likeness (QED) is 0.358. The van der Waals surface area contributed by atoms with Crippen LogP contribution in [0.15, 0.2) is 67.1 Å². The summed E-state index contributed by atoms with van der Waals surface area (Å²) in [7, 11) is 0. The Kier molecular flexibility index (Phi) is 5.35. The molecular weight excluding hydrogens is 400 g/mol. The maximum absolute atomic E-state index is 12.4. The van der Waals surface area contributed by atoms with Gasteiger partial charge < -0.3 is 4.74 Å². The van der Waals surface area contributed by atoms with Gasteiger partial charge >= 0.3 is 11.6 Å². The lowest BCUT2D eigenvalue weighted by Gasteiger charge is -2.11. The lowest BCUT2D eigenvalue weighted by atomic mass is 10.1. The van der Waals surface area contributed by atoms with Crippen LogP contribution >= 0.6 is 0 Å². The van der Waals surface area contributed by atoms with Crippen LogP contribution in [0, 0.1) is 17.0 Å². The summed E-state index contributed by atoms with van der Waals surface area (Å²) in [5.41, 5.74) is 6.09. The molecule has 154 valence electrons. The number of nitrogens with one attached hydrogen (secondary N) is 2. The third-order valence-corrected chi connectivity index (χ3v) is 4.46. The van der Waals surface area contributed by atoms with Crippen LogP contribution in [-0.2, 0) is 0 Å². The molecule has 0 aliphatic heterocycles. The van der Waals surface area contributed by atoms with E-state index < -0.39 is 16.5 Å². The lowest BCUT2D eigenvalue weighted by Crippen LogP contribution is -2.30. The van der Waals surface area contributed by atoms with Crippen LogP contribution in [0.25, 0.3) is 10.9 Å². The van der Waals surface area contributed by atoms with E-state index in [0.29, 0.717) is 16.8 Å². The van der Waals surface area contributed by atoms with Crippen molar-refractivity contribution < 1.29 is 14.5 Å². The van der Waals surface area contributed by atoms with Crippen molar-refractivity contribution in [2.45, 2.75) is 6.92 Å². The van der Waals surface area contributed by atoms with E-state index in [1.54, 1.807) is 55.6 Å². The van der Waals surface area contributed by atoms with E-state index >= 15 is 0 Å². The highest BCUT2D eigenvalue weighted by Gasteiger charge is 2.26. The predicted octanol–water partition coefficient (Wildman–Crippen LogP) is 3.79. The van der Waals surface area contributed by atoms with Crippen LogP contribution in [0.5, 0.6) is 11.6 Å². The maximum Gasteiger partial charge on any atom is 0.374 e. The zero-order valence-corrected chi connectivity index (χ0v) is 16.3. The second-order valence-electron chi connectivity index (χ2n) is 6.46. The summed E-state index contributed by atoms with van der Waals surface area (Å²) in [6.45, 7) is 1.78. The van der Waals surface area contributed by atoms with Gasteiger partial charge in [0.25, 0.3) is 5.91 Å². The van der Waals surface area contributed by atoms with Gasteiger partial charge in [0.2, 0.25) is 5.82 Å². The van der Waals surface area contributed by atoms with Crippen molar-refractivity contribution in [2.75, 3.05) is 5.43 Å².